The highest BCUT2D eigenvalue weighted by Gasteiger charge is 2.23. The molecule has 1 aromatic rings. The first-order chi connectivity index (χ1) is 9.11. The normalized spacial score (nSPS) is 21.8. The lowest BCUT2D eigenvalue weighted by Gasteiger charge is -2.32. The Bertz CT molecular complexity index is 398. The van der Waals surface area contributed by atoms with Gasteiger partial charge >= 0.3 is 0 Å². The molecule has 0 amide bonds. The first-order valence-corrected chi connectivity index (χ1v) is 7.10. The van der Waals surface area contributed by atoms with Crippen LogP contribution in [0.2, 0.25) is 0 Å². The number of likely N-dealkylation sites (N-methyl/N-ethyl adjacent to an activating group) is 1. The van der Waals surface area contributed by atoms with E-state index in [2.05, 4.69) is 30.2 Å². The van der Waals surface area contributed by atoms with E-state index in [0.717, 1.165) is 25.5 Å². The van der Waals surface area contributed by atoms with Crippen molar-refractivity contribution >= 4 is 0 Å². The van der Waals surface area contributed by atoms with Gasteiger partial charge < -0.3 is 10.5 Å². The summed E-state index contributed by atoms with van der Waals surface area (Å²) in [5.74, 6) is 0.629. The molecule has 0 bridgehead atoms. The van der Waals surface area contributed by atoms with Gasteiger partial charge in [-0.3, -0.25) is 9.58 Å². The Labute approximate surface area is 115 Å². The van der Waals surface area contributed by atoms with Gasteiger partial charge in [0.05, 0.1) is 18.3 Å². The van der Waals surface area contributed by atoms with Crippen LogP contribution in [0.4, 0.5) is 0 Å². The zero-order valence-corrected chi connectivity index (χ0v) is 12.3. The summed E-state index contributed by atoms with van der Waals surface area (Å²) in [7, 11) is 4.11. The first kappa shape index (κ1) is 14.5. The Hall–Kier alpha value is -0.910. The standard InChI is InChI=1S/C14H26N4O/c1-11-13(9-18(3)16-11)14(7-15)17(2)8-12-5-4-6-19-10-12/h9,12,14H,4-8,10,15H2,1-3H3. The third-order valence-corrected chi connectivity index (χ3v) is 3.97. The Balaban J connectivity index is 2.01. The van der Waals surface area contributed by atoms with Crippen LogP contribution in [0.1, 0.15) is 30.1 Å². The monoisotopic (exact) mass is 266 g/mol. The molecule has 19 heavy (non-hydrogen) atoms. The SMILES string of the molecule is Cc1nn(C)cc1C(CN)N(C)CC1CCCOC1. The van der Waals surface area contributed by atoms with Gasteiger partial charge in [-0.2, -0.15) is 5.10 Å². The van der Waals surface area contributed by atoms with Gasteiger partial charge in [-0.05, 0) is 32.7 Å². The zero-order chi connectivity index (χ0) is 13.8. The highest BCUT2D eigenvalue weighted by molar-refractivity contribution is 5.20. The fourth-order valence-corrected chi connectivity index (χ4v) is 2.98. The van der Waals surface area contributed by atoms with Gasteiger partial charge in [0.25, 0.3) is 0 Å². The molecule has 0 radical (unpaired) electrons. The molecule has 5 nitrogen and oxygen atoms in total. The van der Waals surface area contributed by atoms with Crippen molar-refractivity contribution < 1.29 is 4.74 Å². The van der Waals surface area contributed by atoms with Crippen LogP contribution in [0.25, 0.3) is 0 Å². The van der Waals surface area contributed by atoms with Gasteiger partial charge in [-0.25, -0.2) is 0 Å². The van der Waals surface area contributed by atoms with Crippen LogP contribution in [0, 0.1) is 12.8 Å². The van der Waals surface area contributed by atoms with Crippen LogP contribution in [-0.4, -0.2) is 48.0 Å². The molecule has 2 rings (SSSR count). The molecule has 1 aliphatic rings. The first-order valence-electron chi connectivity index (χ1n) is 7.10. The minimum Gasteiger partial charge on any atom is -0.381 e. The predicted octanol–water partition coefficient (Wildman–Crippen LogP) is 1.09. The number of hydrogen-bond acceptors (Lipinski definition) is 4. The van der Waals surface area contributed by atoms with Gasteiger partial charge in [0, 0.05) is 38.5 Å². The average Bonchev–Trinajstić information content (AvgIpc) is 2.71. The van der Waals surface area contributed by atoms with E-state index < -0.39 is 0 Å². The number of hydrogen-bond donors (Lipinski definition) is 1. The van der Waals surface area contributed by atoms with Crippen molar-refractivity contribution in [2.75, 3.05) is 33.4 Å². The third kappa shape index (κ3) is 3.55. The molecule has 1 aliphatic heterocycles. The molecule has 108 valence electrons. The molecule has 0 aromatic carbocycles. The summed E-state index contributed by atoms with van der Waals surface area (Å²) < 4.78 is 7.42. The van der Waals surface area contributed by atoms with Crippen LogP contribution < -0.4 is 5.73 Å². The molecule has 2 unspecified atom stereocenters. The van der Waals surface area contributed by atoms with E-state index in [1.807, 2.05) is 11.7 Å². The second-order valence-electron chi connectivity index (χ2n) is 5.62. The largest absolute Gasteiger partial charge is 0.381 e. The lowest BCUT2D eigenvalue weighted by atomic mass is 9.99. The topological polar surface area (TPSA) is 56.3 Å². The van der Waals surface area contributed by atoms with Crippen molar-refractivity contribution in [3.05, 3.63) is 17.5 Å². The summed E-state index contributed by atoms with van der Waals surface area (Å²) >= 11 is 0. The highest BCUT2D eigenvalue weighted by Crippen LogP contribution is 2.23. The fourth-order valence-electron chi connectivity index (χ4n) is 2.98. The summed E-state index contributed by atoms with van der Waals surface area (Å²) in [4.78, 5) is 2.35. The maximum atomic E-state index is 5.98. The van der Waals surface area contributed by atoms with Gasteiger partial charge in [0.1, 0.15) is 0 Å². The van der Waals surface area contributed by atoms with E-state index in [1.165, 1.54) is 18.4 Å². The minimum atomic E-state index is 0.246. The smallest absolute Gasteiger partial charge is 0.0641 e. The summed E-state index contributed by atoms with van der Waals surface area (Å²) in [6.07, 6.45) is 4.52. The van der Waals surface area contributed by atoms with E-state index in [1.54, 1.807) is 0 Å². The number of aryl methyl sites for hydroxylation is 2. The fraction of sp³-hybridized carbons (Fsp3) is 0.786. The minimum absolute atomic E-state index is 0.246. The van der Waals surface area contributed by atoms with Crippen LogP contribution in [-0.2, 0) is 11.8 Å². The van der Waals surface area contributed by atoms with Crippen molar-refractivity contribution in [1.29, 1.82) is 0 Å². The van der Waals surface area contributed by atoms with E-state index >= 15 is 0 Å². The molecule has 5 heteroatoms. The van der Waals surface area contributed by atoms with Crippen molar-refractivity contribution in [1.82, 2.24) is 14.7 Å². The molecule has 0 aliphatic carbocycles. The number of aromatic nitrogens is 2. The van der Waals surface area contributed by atoms with Crippen molar-refractivity contribution in [2.45, 2.75) is 25.8 Å². The lowest BCUT2D eigenvalue weighted by molar-refractivity contribution is 0.0365. The van der Waals surface area contributed by atoms with E-state index in [0.29, 0.717) is 12.5 Å². The summed E-state index contributed by atoms with van der Waals surface area (Å²) in [6, 6.07) is 0.246. The van der Waals surface area contributed by atoms with E-state index in [-0.39, 0.29) is 6.04 Å². The molecule has 0 saturated carbocycles. The zero-order valence-electron chi connectivity index (χ0n) is 12.3. The number of nitrogens with zero attached hydrogens (tertiary/aromatic N) is 3. The van der Waals surface area contributed by atoms with Crippen LogP contribution in [0.15, 0.2) is 6.20 Å². The molecule has 1 saturated heterocycles. The average molecular weight is 266 g/mol. The van der Waals surface area contributed by atoms with Gasteiger partial charge in [-0.15, -0.1) is 0 Å². The van der Waals surface area contributed by atoms with E-state index in [9.17, 15) is 0 Å². The molecule has 2 atom stereocenters. The summed E-state index contributed by atoms with van der Waals surface area (Å²) in [5, 5.41) is 4.42. The Morgan fingerprint density at radius 3 is 2.95 bits per heavy atom. The van der Waals surface area contributed by atoms with Gasteiger partial charge in [0.15, 0.2) is 0 Å². The quantitative estimate of drug-likeness (QED) is 0.866. The Morgan fingerprint density at radius 1 is 1.63 bits per heavy atom. The third-order valence-electron chi connectivity index (χ3n) is 3.97. The maximum absolute atomic E-state index is 5.98. The van der Waals surface area contributed by atoms with Crippen molar-refractivity contribution in [3.8, 4) is 0 Å². The molecule has 2 N–H and O–H groups in total. The molecule has 1 aromatic heterocycles. The molecular weight excluding hydrogens is 240 g/mol. The Kier molecular flexibility index (Phi) is 4.96. The number of rotatable bonds is 5. The number of nitrogens with two attached hydrogens (primary N) is 1. The van der Waals surface area contributed by atoms with Gasteiger partial charge in [0.2, 0.25) is 0 Å². The summed E-state index contributed by atoms with van der Waals surface area (Å²) in [5.41, 5.74) is 8.29. The predicted molar refractivity (Wildman–Crippen MR) is 75.9 cm³/mol. The Morgan fingerprint density at radius 2 is 2.42 bits per heavy atom. The second-order valence-corrected chi connectivity index (χ2v) is 5.62. The van der Waals surface area contributed by atoms with Gasteiger partial charge in [-0.1, -0.05) is 0 Å². The number of ether oxygens (including phenoxy) is 1. The van der Waals surface area contributed by atoms with Crippen LogP contribution in [0.3, 0.4) is 0 Å². The van der Waals surface area contributed by atoms with Crippen molar-refractivity contribution in [3.63, 3.8) is 0 Å². The highest BCUT2D eigenvalue weighted by atomic mass is 16.5. The molecule has 2 heterocycles. The van der Waals surface area contributed by atoms with Crippen LogP contribution >= 0.6 is 0 Å². The summed E-state index contributed by atoms with van der Waals surface area (Å²) in [6.45, 7) is 5.51. The van der Waals surface area contributed by atoms with Crippen molar-refractivity contribution in [2.24, 2.45) is 18.7 Å². The second kappa shape index (κ2) is 6.50. The molecule has 0 spiro atoms. The van der Waals surface area contributed by atoms with E-state index in [4.69, 9.17) is 10.5 Å². The maximum Gasteiger partial charge on any atom is 0.0641 e. The molecule has 1 fully saturated rings. The molecular formula is C14H26N4O. The lowest BCUT2D eigenvalue weighted by Crippen LogP contribution is -2.36. The van der Waals surface area contributed by atoms with Crippen LogP contribution in [0.5, 0.6) is 0 Å².